The predicted molar refractivity (Wildman–Crippen MR) is 125 cm³/mol. The highest BCUT2D eigenvalue weighted by Crippen LogP contribution is 2.36. The summed E-state index contributed by atoms with van der Waals surface area (Å²) in [6, 6.07) is 14.4. The van der Waals surface area contributed by atoms with Gasteiger partial charge < -0.3 is 14.4 Å². The monoisotopic (exact) mass is 458 g/mol. The Morgan fingerprint density at radius 3 is 2.42 bits per heavy atom. The highest BCUT2D eigenvalue weighted by atomic mass is 35.5. The summed E-state index contributed by atoms with van der Waals surface area (Å²) < 4.78 is 10.8. The minimum Gasteiger partial charge on any atom is -0.379 e. The molecule has 0 radical (unpaired) electrons. The molecule has 0 N–H and O–H groups in total. The first-order valence-corrected chi connectivity index (χ1v) is 11.8. The first kappa shape index (κ1) is 22.4. The Labute approximate surface area is 193 Å². The average Bonchev–Trinajstić information content (AvgIpc) is 2.81. The first-order valence-electron chi connectivity index (χ1n) is 10.6. The lowest BCUT2D eigenvalue weighted by Crippen LogP contribution is -2.39. The number of hydrogen-bond donors (Lipinski definition) is 0. The van der Waals surface area contributed by atoms with Crippen molar-refractivity contribution in [3.63, 3.8) is 0 Å². The van der Waals surface area contributed by atoms with Crippen molar-refractivity contribution in [2.24, 2.45) is 0 Å². The summed E-state index contributed by atoms with van der Waals surface area (Å²) >= 11 is 8.28. The Bertz CT molecular complexity index is 925. The summed E-state index contributed by atoms with van der Waals surface area (Å²) in [5, 5.41) is 0.687. The molecule has 5 nitrogen and oxygen atoms in total. The van der Waals surface area contributed by atoms with Gasteiger partial charge in [0.15, 0.2) is 0 Å². The summed E-state index contributed by atoms with van der Waals surface area (Å²) in [5.74, 6) is 0.00918. The molecule has 31 heavy (non-hydrogen) atoms. The Hall–Kier alpha value is -1.83. The summed E-state index contributed by atoms with van der Waals surface area (Å²) in [6.07, 6.45) is 3.44. The standard InChI is InChI=1S/C24H27ClN2O3S/c25-21-17-19(6-8-24(28)27-11-15-30-16-12-27)5-7-23(21)31-22-4-2-1-3-20(22)18-26-9-13-29-14-10-26/h1-8,17H,9-16,18H2/b8-6+. The predicted octanol–water partition coefficient (Wildman–Crippen LogP) is 4.20. The van der Waals surface area contributed by atoms with Gasteiger partial charge in [-0.15, -0.1) is 0 Å². The van der Waals surface area contributed by atoms with Crippen molar-refractivity contribution < 1.29 is 14.3 Å². The van der Waals surface area contributed by atoms with E-state index in [4.69, 9.17) is 21.1 Å². The molecular weight excluding hydrogens is 432 g/mol. The van der Waals surface area contributed by atoms with Gasteiger partial charge in [0.2, 0.25) is 5.91 Å². The van der Waals surface area contributed by atoms with Gasteiger partial charge in [-0.3, -0.25) is 9.69 Å². The van der Waals surface area contributed by atoms with Crippen LogP contribution in [-0.4, -0.2) is 68.3 Å². The van der Waals surface area contributed by atoms with Gasteiger partial charge in [0.05, 0.1) is 31.5 Å². The largest absolute Gasteiger partial charge is 0.379 e. The third kappa shape index (κ3) is 6.34. The second-order valence-electron chi connectivity index (χ2n) is 7.56. The number of nitrogens with zero attached hydrogens (tertiary/aromatic N) is 2. The van der Waals surface area contributed by atoms with Crippen LogP contribution in [0.2, 0.25) is 5.02 Å². The van der Waals surface area contributed by atoms with Crippen LogP contribution in [0.25, 0.3) is 6.08 Å². The van der Waals surface area contributed by atoms with Crippen LogP contribution in [0, 0.1) is 0 Å². The molecule has 2 aliphatic heterocycles. The normalized spacial score (nSPS) is 17.9. The van der Waals surface area contributed by atoms with E-state index in [1.807, 2.05) is 24.3 Å². The van der Waals surface area contributed by atoms with Gasteiger partial charge in [-0.1, -0.05) is 47.6 Å². The summed E-state index contributed by atoms with van der Waals surface area (Å²) in [4.78, 5) is 18.7. The third-order valence-corrected chi connectivity index (χ3v) is 7.01. The molecule has 0 aliphatic carbocycles. The van der Waals surface area contributed by atoms with Crippen molar-refractivity contribution in [3.05, 3.63) is 64.7 Å². The van der Waals surface area contributed by atoms with Gasteiger partial charge in [0.25, 0.3) is 0 Å². The van der Waals surface area contributed by atoms with E-state index in [0.717, 1.165) is 43.3 Å². The van der Waals surface area contributed by atoms with E-state index in [-0.39, 0.29) is 5.91 Å². The second kappa shape index (κ2) is 11.2. The quantitative estimate of drug-likeness (QED) is 0.607. The van der Waals surface area contributed by atoms with Gasteiger partial charge in [-0.2, -0.15) is 0 Å². The molecule has 2 aromatic rings. The SMILES string of the molecule is O=C(/C=C/c1ccc(Sc2ccccc2CN2CCOCC2)c(Cl)c1)N1CCOCC1. The lowest BCUT2D eigenvalue weighted by Gasteiger charge is -2.27. The zero-order valence-electron chi connectivity index (χ0n) is 17.5. The molecule has 2 aromatic carbocycles. The maximum Gasteiger partial charge on any atom is 0.246 e. The Morgan fingerprint density at radius 2 is 1.68 bits per heavy atom. The molecule has 0 bridgehead atoms. The van der Waals surface area contributed by atoms with E-state index in [0.29, 0.717) is 31.3 Å². The molecule has 4 rings (SSSR count). The van der Waals surface area contributed by atoms with Crippen LogP contribution in [0.4, 0.5) is 0 Å². The fourth-order valence-corrected chi connectivity index (χ4v) is 4.86. The Morgan fingerprint density at radius 1 is 0.968 bits per heavy atom. The van der Waals surface area contributed by atoms with Crippen LogP contribution in [0.15, 0.2) is 58.3 Å². The highest BCUT2D eigenvalue weighted by Gasteiger charge is 2.15. The molecule has 2 saturated heterocycles. The van der Waals surface area contributed by atoms with E-state index >= 15 is 0 Å². The molecular formula is C24H27ClN2O3S. The van der Waals surface area contributed by atoms with Crippen LogP contribution in [0.5, 0.6) is 0 Å². The van der Waals surface area contributed by atoms with E-state index in [1.165, 1.54) is 10.5 Å². The number of halogens is 1. The number of rotatable bonds is 6. The molecule has 2 aliphatic rings. The smallest absolute Gasteiger partial charge is 0.246 e. The van der Waals surface area contributed by atoms with Crippen molar-refractivity contribution in [2.75, 3.05) is 52.6 Å². The number of carbonyl (C=O) groups is 1. The molecule has 0 unspecified atom stereocenters. The number of carbonyl (C=O) groups excluding carboxylic acids is 1. The topological polar surface area (TPSA) is 42.0 Å². The summed E-state index contributed by atoms with van der Waals surface area (Å²) in [7, 11) is 0. The van der Waals surface area contributed by atoms with Crippen molar-refractivity contribution >= 4 is 35.3 Å². The van der Waals surface area contributed by atoms with Crippen molar-refractivity contribution in [3.8, 4) is 0 Å². The highest BCUT2D eigenvalue weighted by molar-refractivity contribution is 7.99. The molecule has 2 fully saturated rings. The number of morpholine rings is 2. The van der Waals surface area contributed by atoms with Crippen molar-refractivity contribution in [2.45, 2.75) is 16.3 Å². The minimum atomic E-state index is 0.00918. The second-order valence-corrected chi connectivity index (χ2v) is 9.05. The Kier molecular flexibility index (Phi) is 8.05. The molecule has 1 amide bonds. The fraction of sp³-hybridized carbons (Fsp3) is 0.375. The first-order chi connectivity index (χ1) is 15.2. The lowest BCUT2D eigenvalue weighted by molar-refractivity contribution is -0.129. The van der Waals surface area contributed by atoms with Gasteiger partial charge in [-0.25, -0.2) is 0 Å². The van der Waals surface area contributed by atoms with E-state index < -0.39 is 0 Å². The van der Waals surface area contributed by atoms with Crippen molar-refractivity contribution in [1.29, 1.82) is 0 Å². The number of ether oxygens (including phenoxy) is 2. The zero-order chi connectivity index (χ0) is 21.5. The fourth-order valence-electron chi connectivity index (χ4n) is 3.61. The number of benzene rings is 2. The van der Waals surface area contributed by atoms with Crippen LogP contribution in [-0.2, 0) is 20.8 Å². The Balaban J connectivity index is 1.42. The van der Waals surface area contributed by atoms with Crippen LogP contribution >= 0.6 is 23.4 Å². The van der Waals surface area contributed by atoms with Gasteiger partial charge in [0, 0.05) is 48.6 Å². The lowest BCUT2D eigenvalue weighted by atomic mass is 10.2. The molecule has 0 atom stereocenters. The van der Waals surface area contributed by atoms with E-state index in [1.54, 1.807) is 22.7 Å². The molecule has 0 spiro atoms. The molecule has 2 heterocycles. The van der Waals surface area contributed by atoms with E-state index in [9.17, 15) is 4.79 Å². The third-order valence-electron chi connectivity index (χ3n) is 5.39. The number of hydrogen-bond acceptors (Lipinski definition) is 5. The van der Waals surface area contributed by atoms with Gasteiger partial charge in [-0.05, 0) is 35.4 Å². The van der Waals surface area contributed by atoms with Crippen LogP contribution < -0.4 is 0 Å². The zero-order valence-corrected chi connectivity index (χ0v) is 19.0. The maximum absolute atomic E-state index is 12.3. The maximum atomic E-state index is 12.3. The van der Waals surface area contributed by atoms with Crippen molar-refractivity contribution in [1.82, 2.24) is 9.80 Å². The molecule has 164 valence electrons. The molecule has 0 saturated carbocycles. The summed E-state index contributed by atoms with van der Waals surface area (Å²) in [6.45, 7) is 6.91. The average molecular weight is 459 g/mol. The van der Waals surface area contributed by atoms with Gasteiger partial charge >= 0.3 is 0 Å². The number of amides is 1. The van der Waals surface area contributed by atoms with Gasteiger partial charge in [0.1, 0.15) is 0 Å². The summed E-state index contributed by atoms with van der Waals surface area (Å²) in [5.41, 5.74) is 2.21. The molecule has 7 heteroatoms. The molecule has 0 aromatic heterocycles. The van der Waals surface area contributed by atoms with Crippen LogP contribution in [0.1, 0.15) is 11.1 Å². The minimum absolute atomic E-state index is 0.00918. The van der Waals surface area contributed by atoms with E-state index in [2.05, 4.69) is 29.2 Å². The van der Waals surface area contributed by atoms with Crippen LogP contribution in [0.3, 0.4) is 0 Å².